The number of halogens is 1. The third-order valence-electron chi connectivity index (χ3n) is 3.22. The van der Waals surface area contributed by atoms with Crippen LogP contribution in [0.4, 0.5) is 5.69 Å². The number of ketones is 1. The Morgan fingerprint density at radius 3 is 2.76 bits per heavy atom. The first-order valence-corrected chi connectivity index (χ1v) is 6.74. The third kappa shape index (κ3) is 2.06. The van der Waals surface area contributed by atoms with Crippen molar-refractivity contribution in [1.29, 1.82) is 0 Å². The summed E-state index contributed by atoms with van der Waals surface area (Å²) in [6.07, 6.45) is 1.24. The molecule has 0 saturated heterocycles. The van der Waals surface area contributed by atoms with Gasteiger partial charge in [-0.25, -0.2) is 4.79 Å². The number of carbonyl (C=O) groups is 3. The molecule has 0 spiro atoms. The molecule has 2 heterocycles. The summed E-state index contributed by atoms with van der Waals surface area (Å²) in [6, 6.07) is 6.49. The number of nitrogens with zero attached hydrogens (tertiary/aromatic N) is 1. The van der Waals surface area contributed by atoms with Gasteiger partial charge in [-0.05, 0) is 34.1 Å². The number of anilines is 1. The molecule has 0 aliphatic carbocycles. The second kappa shape index (κ2) is 4.85. The molecule has 1 aliphatic rings. The molecular formula is C14H8BrNO5. The van der Waals surface area contributed by atoms with E-state index in [4.69, 9.17) is 9.52 Å². The highest BCUT2D eigenvalue weighted by atomic mass is 79.9. The summed E-state index contributed by atoms with van der Waals surface area (Å²) in [5.74, 6) is -2.76. The average Bonchev–Trinajstić information content (AvgIpc) is 2.99. The molecule has 0 fully saturated rings. The van der Waals surface area contributed by atoms with Crippen LogP contribution in [0.1, 0.15) is 26.5 Å². The summed E-state index contributed by atoms with van der Waals surface area (Å²) in [7, 11) is 0. The quantitative estimate of drug-likeness (QED) is 0.860. The molecule has 1 N–H and O–H groups in total. The molecule has 1 aromatic heterocycles. The highest BCUT2D eigenvalue weighted by Crippen LogP contribution is 2.35. The predicted octanol–water partition coefficient (Wildman–Crippen LogP) is 2.47. The zero-order valence-corrected chi connectivity index (χ0v) is 12.1. The lowest BCUT2D eigenvalue weighted by Crippen LogP contribution is -2.29. The van der Waals surface area contributed by atoms with Crippen LogP contribution in [0.2, 0.25) is 0 Å². The van der Waals surface area contributed by atoms with Crippen molar-refractivity contribution in [3.05, 3.63) is 51.9 Å². The fourth-order valence-corrected chi connectivity index (χ4v) is 2.81. The van der Waals surface area contributed by atoms with E-state index in [9.17, 15) is 14.4 Å². The maximum atomic E-state index is 12.1. The van der Waals surface area contributed by atoms with Gasteiger partial charge in [0.05, 0.1) is 24.1 Å². The molecule has 0 atom stereocenters. The molecule has 0 unspecified atom stereocenters. The Labute approximate surface area is 127 Å². The first-order valence-electron chi connectivity index (χ1n) is 5.95. The Balaban J connectivity index is 2.03. The monoisotopic (exact) mass is 349 g/mol. The van der Waals surface area contributed by atoms with Gasteiger partial charge in [-0.15, -0.1) is 0 Å². The van der Waals surface area contributed by atoms with Gasteiger partial charge < -0.3 is 14.4 Å². The number of carboxylic acids is 1. The molecule has 7 heteroatoms. The molecule has 106 valence electrons. The highest BCUT2D eigenvalue weighted by molar-refractivity contribution is 9.10. The summed E-state index contributed by atoms with van der Waals surface area (Å²) in [5.41, 5.74) is 1.08. The van der Waals surface area contributed by atoms with Gasteiger partial charge in [0.25, 0.3) is 11.7 Å². The number of carboxylic acid groups (broad SMARTS) is 1. The number of hydrogen-bond donors (Lipinski definition) is 1. The van der Waals surface area contributed by atoms with Crippen LogP contribution < -0.4 is 4.90 Å². The van der Waals surface area contributed by atoms with E-state index in [2.05, 4.69) is 15.9 Å². The van der Waals surface area contributed by atoms with Crippen molar-refractivity contribution in [1.82, 2.24) is 0 Å². The zero-order valence-electron chi connectivity index (χ0n) is 10.5. The van der Waals surface area contributed by atoms with Crippen LogP contribution in [0, 0.1) is 0 Å². The van der Waals surface area contributed by atoms with E-state index in [1.165, 1.54) is 17.2 Å². The summed E-state index contributed by atoms with van der Waals surface area (Å²) in [5, 5.41) is 9.01. The summed E-state index contributed by atoms with van der Waals surface area (Å²) in [4.78, 5) is 36.4. The Bertz CT molecular complexity index is 779. The molecule has 0 bridgehead atoms. The maximum Gasteiger partial charge on any atom is 0.372 e. The minimum atomic E-state index is -1.22. The molecule has 2 aromatic rings. The van der Waals surface area contributed by atoms with Crippen molar-refractivity contribution in [2.45, 2.75) is 6.54 Å². The van der Waals surface area contributed by atoms with Gasteiger partial charge in [-0.3, -0.25) is 9.59 Å². The number of aromatic carboxylic acids is 1. The number of rotatable bonds is 3. The molecule has 0 saturated carbocycles. The first-order chi connectivity index (χ1) is 10.0. The van der Waals surface area contributed by atoms with Gasteiger partial charge >= 0.3 is 5.97 Å². The van der Waals surface area contributed by atoms with Crippen molar-refractivity contribution in [3.8, 4) is 0 Å². The van der Waals surface area contributed by atoms with Crippen molar-refractivity contribution in [2.24, 2.45) is 0 Å². The van der Waals surface area contributed by atoms with Gasteiger partial charge in [0, 0.05) is 10.0 Å². The molecule has 6 nitrogen and oxygen atoms in total. The number of Topliss-reactive ketones (excluding diaryl/α,β-unsaturated/α-hetero) is 1. The number of carbonyl (C=O) groups excluding carboxylic acids is 2. The van der Waals surface area contributed by atoms with E-state index in [-0.39, 0.29) is 12.3 Å². The second-order valence-corrected chi connectivity index (χ2v) is 5.29. The summed E-state index contributed by atoms with van der Waals surface area (Å²) >= 11 is 3.25. The Morgan fingerprint density at radius 1 is 1.29 bits per heavy atom. The maximum absolute atomic E-state index is 12.1. The molecular weight excluding hydrogens is 342 g/mol. The SMILES string of the molecule is O=C(O)c1occc1CN1C(=O)C(=O)c2c(Br)cccc21. The number of hydrogen-bond acceptors (Lipinski definition) is 4. The smallest absolute Gasteiger partial charge is 0.372 e. The number of amides is 1. The molecule has 0 radical (unpaired) electrons. The van der Waals surface area contributed by atoms with Crippen LogP contribution in [0.3, 0.4) is 0 Å². The molecule has 1 aromatic carbocycles. The van der Waals surface area contributed by atoms with Gasteiger partial charge in [0.2, 0.25) is 5.76 Å². The zero-order chi connectivity index (χ0) is 15.1. The number of benzene rings is 1. The summed E-state index contributed by atoms with van der Waals surface area (Å²) < 4.78 is 5.41. The molecule has 3 rings (SSSR count). The van der Waals surface area contributed by atoms with Crippen LogP contribution in [-0.4, -0.2) is 22.8 Å². The Kier molecular flexibility index (Phi) is 3.13. The lowest BCUT2D eigenvalue weighted by atomic mass is 10.1. The second-order valence-electron chi connectivity index (χ2n) is 4.43. The van der Waals surface area contributed by atoms with E-state index < -0.39 is 17.7 Å². The topological polar surface area (TPSA) is 87.8 Å². The van der Waals surface area contributed by atoms with E-state index in [1.54, 1.807) is 18.2 Å². The standard InChI is InChI=1S/C14H8BrNO5/c15-8-2-1-3-9-10(8)11(17)13(18)16(9)6-7-4-5-21-12(7)14(19)20/h1-5H,6H2,(H,19,20). The van der Waals surface area contributed by atoms with Crippen molar-refractivity contribution in [3.63, 3.8) is 0 Å². The normalized spacial score (nSPS) is 13.7. The lowest BCUT2D eigenvalue weighted by Gasteiger charge is -2.15. The van der Waals surface area contributed by atoms with Crippen LogP contribution in [0.15, 0.2) is 39.4 Å². The van der Waals surface area contributed by atoms with E-state index >= 15 is 0 Å². The van der Waals surface area contributed by atoms with Crippen LogP contribution >= 0.6 is 15.9 Å². The van der Waals surface area contributed by atoms with Crippen LogP contribution in [0.25, 0.3) is 0 Å². The predicted molar refractivity (Wildman–Crippen MR) is 75.3 cm³/mol. The van der Waals surface area contributed by atoms with Crippen LogP contribution in [-0.2, 0) is 11.3 Å². The first kappa shape index (κ1) is 13.6. The average molecular weight is 350 g/mol. The minimum Gasteiger partial charge on any atom is -0.475 e. The molecule has 1 amide bonds. The van der Waals surface area contributed by atoms with E-state index in [1.807, 2.05) is 0 Å². The van der Waals surface area contributed by atoms with Gasteiger partial charge in [-0.1, -0.05) is 6.07 Å². The van der Waals surface area contributed by atoms with E-state index in [0.717, 1.165) is 0 Å². The van der Waals surface area contributed by atoms with Crippen LogP contribution in [0.5, 0.6) is 0 Å². The van der Waals surface area contributed by atoms with Crippen molar-refractivity contribution >= 4 is 39.3 Å². The van der Waals surface area contributed by atoms with Gasteiger partial charge in [0.15, 0.2) is 0 Å². The molecule has 1 aliphatic heterocycles. The fraction of sp³-hybridized carbons (Fsp3) is 0.0714. The van der Waals surface area contributed by atoms with Gasteiger partial charge in [0.1, 0.15) is 0 Å². The lowest BCUT2D eigenvalue weighted by molar-refractivity contribution is -0.114. The minimum absolute atomic E-state index is 0.0356. The Hall–Kier alpha value is -2.41. The largest absolute Gasteiger partial charge is 0.475 e. The Morgan fingerprint density at radius 2 is 2.05 bits per heavy atom. The number of furan rings is 1. The summed E-state index contributed by atoms with van der Waals surface area (Å²) in [6.45, 7) is -0.0356. The van der Waals surface area contributed by atoms with Crippen molar-refractivity contribution in [2.75, 3.05) is 4.90 Å². The van der Waals surface area contributed by atoms with Crippen molar-refractivity contribution < 1.29 is 23.9 Å². The fourth-order valence-electron chi connectivity index (χ4n) is 2.28. The van der Waals surface area contributed by atoms with E-state index in [0.29, 0.717) is 21.3 Å². The number of fused-ring (bicyclic) bond motifs is 1. The highest BCUT2D eigenvalue weighted by Gasteiger charge is 2.37. The molecule has 21 heavy (non-hydrogen) atoms. The van der Waals surface area contributed by atoms with Gasteiger partial charge in [-0.2, -0.15) is 0 Å². The third-order valence-corrected chi connectivity index (χ3v) is 3.88.